The molecule has 4 aromatic rings. The lowest BCUT2D eigenvalue weighted by molar-refractivity contribution is -0.756. The van der Waals surface area contributed by atoms with E-state index >= 15 is 0 Å². The molecule has 1 aliphatic rings. The lowest BCUT2D eigenvalue weighted by atomic mass is 10.1. The minimum absolute atomic E-state index is 0.326. The van der Waals surface area contributed by atoms with Gasteiger partial charge in [0.15, 0.2) is 24.8 Å². The van der Waals surface area contributed by atoms with E-state index < -0.39 is 10.1 Å². The van der Waals surface area contributed by atoms with Gasteiger partial charge in [-0.1, -0.05) is 62.8 Å². The van der Waals surface area contributed by atoms with E-state index in [1.807, 2.05) is 29.1 Å². The van der Waals surface area contributed by atoms with Gasteiger partial charge >= 0.3 is 0 Å². The molecule has 3 heterocycles. The summed E-state index contributed by atoms with van der Waals surface area (Å²) in [6.45, 7) is 2.75. The van der Waals surface area contributed by atoms with Crippen LogP contribution in [-0.4, -0.2) is 25.3 Å². The van der Waals surface area contributed by atoms with Gasteiger partial charge in [-0.3, -0.25) is 4.90 Å². The fourth-order valence-corrected chi connectivity index (χ4v) is 6.89. The topological polar surface area (TPSA) is 69.4 Å². The number of fused-ring (bicyclic) bond motifs is 3. The van der Waals surface area contributed by atoms with Crippen LogP contribution in [0.2, 0.25) is 0 Å². The Labute approximate surface area is 263 Å². The Balaban J connectivity index is 0.890. The van der Waals surface area contributed by atoms with Crippen molar-refractivity contribution in [2.75, 3.05) is 12.3 Å². The van der Waals surface area contributed by atoms with Gasteiger partial charge < -0.3 is 4.55 Å². The van der Waals surface area contributed by atoms with Crippen LogP contribution in [0.4, 0.5) is 11.4 Å². The van der Waals surface area contributed by atoms with Crippen LogP contribution in [0.1, 0.15) is 70.6 Å². The first kappa shape index (κ1) is 32.0. The molecule has 0 fully saturated rings. The second kappa shape index (κ2) is 16.1. The van der Waals surface area contributed by atoms with Crippen molar-refractivity contribution in [1.29, 1.82) is 0 Å². The Bertz CT molecular complexity index is 1530. The molecule has 0 saturated carbocycles. The summed E-state index contributed by atoms with van der Waals surface area (Å²) in [5, 5.41) is 0. The van der Waals surface area contributed by atoms with Crippen molar-refractivity contribution in [1.82, 2.24) is 0 Å². The highest BCUT2D eigenvalue weighted by Crippen LogP contribution is 2.36. The number of unbranched alkanes of at least 4 members (excludes halogenated alkanes) is 9. The summed E-state index contributed by atoms with van der Waals surface area (Å²) in [6.07, 6.45) is 21.7. The highest BCUT2D eigenvalue weighted by atomic mass is 32.2. The van der Waals surface area contributed by atoms with Crippen LogP contribution in [0.25, 0.3) is 22.3 Å². The molecule has 0 unspecified atom stereocenters. The molecule has 44 heavy (non-hydrogen) atoms. The van der Waals surface area contributed by atoms with Gasteiger partial charge in [0.2, 0.25) is 0 Å². The summed E-state index contributed by atoms with van der Waals surface area (Å²) in [5.74, 6) is -0.326. The molecule has 0 saturated heterocycles. The third-order valence-electron chi connectivity index (χ3n) is 8.81. The SMILES string of the molecule is O=S(=O)([O-])CCC[n+]1ccc(-c2cc[n+](CCCCCCCCCCCC[NH+]3c4ccccc4-c4ccccc43)cc2)cc1. The maximum absolute atomic E-state index is 10.8. The molecule has 7 heteroatoms. The Hall–Kier alpha value is -3.39. The van der Waals surface area contributed by atoms with Crippen LogP contribution in [0, 0.1) is 0 Å². The summed E-state index contributed by atoms with van der Waals surface area (Å²) in [6, 6.07) is 26.1. The number of pyridine rings is 2. The van der Waals surface area contributed by atoms with E-state index in [1.165, 1.54) is 93.3 Å². The quantitative estimate of drug-likeness (QED) is 0.0815. The smallest absolute Gasteiger partial charge is 0.169 e. The molecule has 1 aliphatic heterocycles. The third kappa shape index (κ3) is 9.31. The second-order valence-electron chi connectivity index (χ2n) is 12.1. The van der Waals surface area contributed by atoms with Gasteiger partial charge in [0.05, 0.1) is 16.7 Å². The average molecular weight is 614 g/mol. The number of aryl methyl sites for hydroxylation is 2. The van der Waals surface area contributed by atoms with Crippen molar-refractivity contribution in [2.24, 2.45) is 0 Å². The first-order valence-electron chi connectivity index (χ1n) is 16.5. The van der Waals surface area contributed by atoms with Crippen LogP contribution < -0.4 is 14.0 Å². The monoisotopic (exact) mass is 613 g/mol. The zero-order chi connectivity index (χ0) is 30.6. The molecule has 0 aliphatic carbocycles. The minimum atomic E-state index is -4.15. The van der Waals surface area contributed by atoms with Crippen LogP contribution in [0.5, 0.6) is 0 Å². The van der Waals surface area contributed by atoms with Gasteiger partial charge in [-0.05, 0) is 42.5 Å². The van der Waals surface area contributed by atoms with E-state index in [9.17, 15) is 13.0 Å². The number of nitrogens with one attached hydrogen (secondary N) is 1. The maximum Gasteiger partial charge on any atom is 0.169 e. The van der Waals surface area contributed by atoms with E-state index in [2.05, 4.69) is 77.6 Å². The number of benzene rings is 2. The largest absolute Gasteiger partial charge is 0.748 e. The normalized spacial score (nSPS) is 12.8. The number of nitrogens with zero attached hydrogens (tertiary/aromatic N) is 2. The lowest BCUT2D eigenvalue weighted by Gasteiger charge is -2.14. The van der Waals surface area contributed by atoms with Gasteiger partial charge in [0.1, 0.15) is 24.5 Å². The summed E-state index contributed by atoms with van der Waals surface area (Å²) in [7, 11) is -4.15. The molecular weight excluding hydrogens is 566 g/mol. The van der Waals surface area contributed by atoms with Gasteiger partial charge in [-0.2, -0.15) is 0 Å². The molecule has 2 aromatic heterocycles. The molecule has 5 rings (SSSR count). The van der Waals surface area contributed by atoms with Crippen LogP contribution in [0.15, 0.2) is 97.6 Å². The number of rotatable bonds is 18. The molecule has 232 valence electrons. The van der Waals surface area contributed by atoms with Gasteiger partial charge in [0, 0.05) is 66.1 Å². The fraction of sp³-hybridized carbons (Fsp3) is 0.405. The maximum atomic E-state index is 10.8. The first-order chi connectivity index (χ1) is 21.5. The minimum Gasteiger partial charge on any atom is -0.748 e. The van der Waals surface area contributed by atoms with E-state index in [0.29, 0.717) is 13.0 Å². The standard InChI is InChI=1S/C37H46N3O3S/c41-44(42,43)31-15-25-39-29-22-33(23-30-39)32-20-27-38(28-21-32)24-13-7-5-3-1-2-4-6-8-14-26-40-36-18-11-9-16-34(36)35-17-10-12-19-37(35)40/h9-12,16-23,27-30H,1-8,13-15,24-26,31H2/q+1/p+1. The van der Waals surface area contributed by atoms with Crippen LogP contribution >= 0.6 is 0 Å². The van der Waals surface area contributed by atoms with E-state index in [0.717, 1.165) is 17.7 Å². The molecule has 0 amide bonds. The zero-order valence-electron chi connectivity index (χ0n) is 25.9. The highest BCUT2D eigenvalue weighted by Gasteiger charge is 2.30. The number of aromatic nitrogens is 2. The van der Waals surface area contributed by atoms with Gasteiger partial charge in [-0.25, -0.2) is 17.6 Å². The number of hydrogen-bond donors (Lipinski definition) is 1. The van der Waals surface area contributed by atoms with Gasteiger partial charge in [-0.15, -0.1) is 0 Å². The number of para-hydroxylation sites is 2. The van der Waals surface area contributed by atoms with E-state index in [-0.39, 0.29) is 5.75 Å². The molecule has 0 bridgehead atoms. The van der Waals surface area contributed by atoms with Gasteiger partial charge in [0.25, 0.3) is 0 Å². The van der Waals surface area contributed by atoms with Crippen molar-refractivity contribution in [3.8, 4) is 22.3 Å². The second-order valence-corrected chi connectivity index (χ2v) is 13.6. The molecule has 0 spiro atoms. The van der Waals surface area contributed by atoms with Crippen molar-refractivity contribution < 1.29 is 27.0 Å². The molecule has 2 aromatic carbocycles. The third-order valence-corrected chi connectivity index (χ3v) is 9.60. The lowest BCUT2D eigenvalue weighted by Crippen LogP contribution is -3.01. The summed E-state index contributed by atoms with van der Waals surface area (Å²) in [4.78, 5) is 1.54. The Morgan fingerprint density at radius 2 is 0.932 bits per heavy atom. The molecule has 6 nitrogen and oxygen atoms in total. The number of quaternary nitrogens is 1. The van der Waals surface area contributed by atoms with Crippen molar-refractivity contribution >= 4 is 21.5 Å². The summed E-state index contributed by atoms with van der Waals surface area (Å²) in [5.41, 5.74) is 7.97. The first-order valence-corrected chi connectivity index (χ1v) is 18.0. The van der Waals surface area contributed by atoms with Crippen molar-refractivity contribution in [3.05, 3.63) is 97.6 Å². The highest BCUT2D eigenvalue weighted by molar-refractivity contribution is 7.85. The van der Waals surface area contributed by atoms with Crippen LogP contribution in [0.3, 0.4) is 0 Å². The predicted molar refractivity (Wildman–Crippen MR) is 175 cm³/mol. The van der Waals surface area contributed by atoms with Crippen molar-refractivity contribution in [3.63, 3.8) is 0 Å². The molecule has 0 radical (unpaired) electrons. The summed E-state index contributed by atoms with van der Waals surface area (Å²) < 4.78 is 36.5. The molecule has 0 atom stereocenters. The van der Waals surface area contributed by atoms with Crippen molar-refractivity contribution in [2.45, 2.75) is 83.7 Å². The predicted octanol–water partition coefficient (Wildman–Crippen LogP) is 6.29. The summed E-state index contributed by atoms with van der Waals surface area (Å²) >= 11 is 0. The Kier molecular flexibility index (Phi) is 11.7. The fourth-order valence-electron chi connectivity index (χ4n) is 6.41. The van der Waals surface area contributed by atoms with Crippen LogP contribution in [-0.2, 0) is 23.2 Å². The number of hydrogen-bond acceptors (Lipinski definition) is 3. The Morgan fingerprint density at radius 3 is 1.41 bits per heavy atom. The van der Waals surface area contributed by atoms with E-state index in [1.54, 1.807) is 4.90 Å². The Morgan fingerprint density at radius 1 is 0.523 bits per heavy atom. The molecular formula is C37H47N3O3S+2. The molecule has 1 N–H and O–H groups in total. The average Bonchev–Trinajstić information content (AvgIpc) is 3.35. The zero-order valence-corrected chi connectivity index (χ0v) is 26.7. The van der Waals surface area contributed by atoms with E-state index in [4.69, 9.17) is 0 Å².